The highest BCUT2D eigenvalue weighted by Crippen LogP contribution is 2.29. The molecular formula is C7H12ClNO. The van der Waals surface area contributed by atoms with Gasteiger partial charge in [0.2, 0.25) is 0 Å². The molecule has 3 atom stereocenters. The SMILES string of the molecule is CC1[C@@H](C)C[C@@H](C=O)N1Cl. The van der Waals surface area contributed by atoms with Crippen LogP contribution in [0.5, 0.6) is 0 Å². The van der Waals surface area contributed by atoms with E-state index in [1.165, 1.54) is 0 Å². The molecule has 1 rings (SSSR count). The van der Waals surface area contributed by atoms with Gasteiger partial charge in [0, 0.05) is 6.04 Å². The van der Waals surface area contributed by atoms with E-state index >= 15 is 0 Å². The topological polar surface area (TPSA) is 20.3 Å². The number of nitrogens with zero attached hydrogens (tertiary/aromatic N) is 1. The predicted molar refractivity (Wildman–Crippen MR) is 40.8 cm³/mol. The summed E-state index contributed by atoms with van der Waals surface area (Å²) < 4.78 is 1.62. The van der Waals surface area contributed by atoms with Crippen LogP contribution in [-0.2, 0) is 4.79 Å². The zero-order chi connectivity index (χ0) is 7.72. The lowest BCUT2D eigenvalue weighted by Crippen LogP contribution is -2.27. The molecule has 1 heterocycles. The molecule has 3 heteroatoms. The molecule has 0 aliphatic carbocycles. The summed E-state index contributed by atoms with van der Waals surface area (Å²) in [6.07, 6.45) is 1.82. The van der Waals surface area contributed by atoms with Gasteiger partial charge in [-0.1, -0.05) is 6.92 Å². The fourth-order valence-corrected chi connectivity index (χ4v) is 1.66. The average Bonchev–Trinajstić information content (AvgIpc) is 2.17. The molecular weight excluding hydrogens is 150 g/mol. The molecule has 1 saturated heterocycles. The molecule has 0 radical (unpaired) electrons. The summed E-state index contributed by atoms with van der Waals surface area (Å²) in [6.45, 7) is 4.16. The molecule has 0 aromatic heterocycles. The minimum absolute atomic E-state index is 0.0633. The van der Waals surface area contributed by atoms with Crippen LogP contribution in [0, 0.1) is 5.92 Å². The number of hydrogen-bond donors (Lipinski definition) is 0. The summed E-state index contributed by atoms with van der Waals surface area (Å²) in [5.41, 5.74) is 0. The van der Waals surface area contributed by atoms with Gasteiger partial charge in [0.15, 0.2) is 0 Å². The Hall–Kier alpha value is -0.0800. The lowest BCUT2D eigenvalue weighted by atomic mass is 10.0. The first kappa shape index (κ1) is 8.02. The number of hydrogen-bond acceptors (Lipinski definition) is 2. The summed E-state index contributed by atoms with van der Waals surface area (Å²) in [4.78, 5) is 10.4. The van der Waals surface area contributed by atoms with Crippen LogP contribution in [0.3, 0.4) is 0 Å². The molecule has 10 heavy (non-hydrogen) atoms. The number of rotatable bonds is 1. The molecule has 1 aliphatic heterocycles. The van der Waals surface area contributed by atoms with Crippen LogP contribution in [0.4, 0.5) is 0 Å². The van der Waals surface area contributed by atoms with Crippen molar-refractivity contribution in [2.45, 2.75) is 32.4 Å². The highest BCUT2D eigenvalue weighted by molar-refractivity contribution is 6.14. The van der Waals surface area contributed by atoms with E-state index in [-0.39, 0.29) is 6.04 Å². The van der Waals surface area contributed by atoms with Gasteiger partial charge in [-0.2, -0.15) is 0 Å². The molecule has 0 bridgehead atoms. The maximum atomic E-state index is 10.4. The van der Waals surface area contributed by atoms with Gasteiger partial charge < -0.3 is 4.79 Å². The van der Waals surface area contributed by atoms with Crippen molar-refractivity contribution < 1.29 is 4.79 Å². The largest absolute Gasteiger partial charge is 0.302 e. The normalized spacial score (nSPS) is 42.1. The first-order valence-electron chi connectivity index (χ1n) is 3.56. The van der Waals surface area contributed by atoms with Gasteiger partial charge >= 0.3 is 0 Å². The first-order valence-corrected chi connectivity index (χ1v) is 3.90. The van der Waals surface area contributed by atoms with Gasteiger partial charge in [-0.3, -0.25) is 0 Å². The number of halogens is 1. The van der Waals surface area contributed by atoms with E-state index in [4.69, 9.17) is 11.8 Å². The Morgan fingerprint density at radius 2 is 2.20 bits per heavy atom. The highest BCUT2D eigenvalue weighted by atomic mass is 35.5. The Morgan fingerprint density at radius 3 is 2.40 bits per heavy atom. The molecule has 1 aliphatic rings. The maximum Gasteiger partial charge on any atom is 0.138 e. The molecule has 58 valence electrons. The van der Waals surface area contributed by atoms with Gasteiger partial charge in [-0.05, 0) is 31.0 Å². The standard InChI is InChI=1S/C7H12ClNO/c1-5-3-7(4-10)9(8)6(5)2/h4-7H,3H2,1-2H3/t5-,6?,7-/m0/s1. The second kappa shape index (κ2) is 2.89. The second-order valence-electron chi connectivity index (χ2n) is 3.00. The average molecular weight is 162 g/mol. The molecule has 0 aromatic carbocycles. The van der Waals surface area contributed by atoms with E-state index in [1.54, 1.807) is 4.42 Å². The summed E-state index contributed by atoms with van der Waals surface area (Å²) in [5.74, 6) is 0.535. The summed E-state index contributed by atoms with van der Waals surface area (Å²) >= 11 is 5.83. The predicted octanol–water partition coefficient (Wildman–Crippen LogP) is 1.44. The third-order valence-electron chi connectivity index (χ3n) is 2.30. The van der Waals surface area contributed by atoms with Crippen LogP contribution in [-0.4, -0.2) is 22.8 Å². The lowest BCUT2D eigenvalue weighted by molar-refractivity contribution is -0.110. The minimum atomic E-state index is -0.0633. The van der Waals surface area contributed by atoms with Crippen molar-refractivity contribution in [1.82, 2.24) is 4.42 Å². The smallest absolute Gasteiger partial charge is 0.138 e. The van der Waals surface area contributed by atoms with Gasteiger partial charge in [-0.15, -0.1) is 0 Å². The Morgan fingerprint density at radius 1 is 1.60 bits per heavy atom. The van der Waals surface area contributed by atoms with E-state index in [1.807, 2.05) is 6.92 Å². The zero-order valence-electron chi connectivity index (χ0n) is 6.25. The van der Waals surface area contributed by atoms with Crippen LogP contribution in [0.2, 0.25) is 0 Å². The van der Waals surface area contributed by atoms with E-state index in [9.17, 15) is 4.79 Å². The van der Waals surface area contributed by atoms with E-state index in [0.29, 0.717) is 12.0 Å². The molecule has 0 spiro atoms. The molecule has 1 fully saturated rings. The van der Waals surface area contributed by atoms with Crippen molar-refractivity contribution in [3.8, 4) is 0 Å². The monoisotopic (exact) mass is 161 g/mol. The Kier molecular flexibility index (Phi) is 2.32. The third-order valence-corrected chi connectivity index (χ3v) is 2.86. The summed E-state index contributed by atoms with van der Waals surface area (Å²) in [7, 11) is 0. The van der Waals surface area contributed by atoms with E-state index in [0.717, 1.165) is 12.7 Å². The summed E-state index contributed by atoms with van der Waals surface area (Å²) in [6, 6.07) is 0.267. The van der Waals surface area contributed by atoms with Crippen LogP contribution >= 0.6 is 11.8 Å². The molecule has 2 nitrogen and oxygen atoms in total. The number of carbonyl (C=O) groups is 1. The van der Waals surface area contributed by atoms with Crippen molar-refractivity contribution >= 4 is 18.1 Å². The Bertz CT molecular complexity index is 140. The third kappa shape index (κ3) is 1.18. The lowest BCUT2D eigenvalue weighted by Gasteiger charge is -2.16. The minimum Gasteiger partial charge on any atom is -0.302 e. The highest BCUT2D eigenvalue weighted by Gasteiger charge is 2.34. The van der Waals surface area contributed by atoms with Gasteiger partial charge in [0.25, 0.3) is 0 Å². The number of aldehydes is 1. The Labute approximate surface area is 66.3 Å². The Balaban J connectivity index is 2.61. The fraction of sp³-hybridized carbons (Fsp3) is 0.857. The van der Waals surface area contributed by atoms with Crippen molar-refractivity contribution in [3.05, 3.63) is 0 Å². The maximum absolute atomic E-state index is 10.4. The zero-order valence-corrected chi connectivity index (χ0v) is 7.01. The molecule has 0 amide bonds. The van der Waals surface area contributed by atoms with E-state index < -0.39 is 0 Å². The molecule has 0 aromatic rings. The van der Waals surface area contributed by atoms with Crippen molar-refractivity contribution in [3.63, 3.8) is 0 Å². The van der Waals surface area contributed by atoms with Gasteiger partial charge in [0.1, 0.15) is 6.29 Å². The van der Waals surface area contributed by atoms with Crippen molar-refractivity contribution in [2.75, 3.05) is 0 Å². The molecule has 1 unspecified atom stereocenters. The summed E-state index contributed by atoms with van der Waals surface area (Å²) in [5, 5.41) is 0. The number of carbonyl (C=O) groups excluding carboxylic acids is 1. The fourth-order valence-electron chi connectivity index (χ4n) is 1.34. The second-order valence-corrected chi connectivity index (χ2v) is 3.39. The van der Waals surface area contributed by atoms with Gasteiger partial charge in [0.05, 0.1) is 6.04 Å². The first-order chi connectivity index (χ1) is 4.66. The quantitative estimate of drug-likeness (QED) is 0.429. The van der Waals surface area contributed by atoms with Crippen LogP contribution in [0.1, 0.15) is 20.3 Å². The molecule has 0 saturated carbocycles. The van der Waals surface area contributed by atoms with Crippen molar-refractivity contribution in [1.29, 1.82) is 0 Å². The van der Waals surface area contributed by atoms with Crippen molar-refractivity contribution in [2.24, 2.45) is 5.92 Å². The van der Waals surface area contributed by atoms with Crippen LogP contribution in [0.25, 0.3) is 0 Å². The van der Waals surface area contributed by atoms with Crippen LogP contribution < -0.4 is 0 Å². The molecule has 0 N–H and O–H groups in total. The van der Waals surface area contributed by atoms with E-state index in [2.05, 4.69) is 6.92 Å². The van der Waals surface area contributed by atoms with Crippen LogP contribution in [0.15, 0.2) is 0 Å². The van der Waals surface area contributed by atoms with Gasteiger partial charge in [-0.25, -0.2) is 4.42 Å².